The number of likely N-dealkylation sites (tertiary alicyclic amines) is 1. The van der Waals surface area contributed by atoms with Crippen LogP contribution in [-0.2, 0) is 0 Å². The monoisotopic (exact) mass is 276 g/mol. The molecule has 3 rings (SSSR count). The molecule has 2 heterocycles. The number of amides is 1. The van der Waals surface area contributed by atoms with Crippen molar-refractivity contribution in [3.05, 3.63) is 23.8 Å². The van der Waals surface area contributed by atoms with E-state index in [4.69, 9.17) is 9.47 Å². The van der Waals surface area contributed by atoms with Crippen LogP contribution in [0.5, 0.6) is 11.5 Å². The number of fused-ring (bicyclic) bond motifs is 1. The SMILES string of the molecule is COc1cccc(OC)c1C(=O)N1C[C@@H]2CCN[C@@H]2C1. The summed E-state index contributed by atoms with van der Waals surface area (Å²) >= 11 is 0. The third-order valence-electron chi connectivity index (χ3n) is 4.29. The van der Waals surface area contributed by atoms with Crippen molar-refractivity contribution in [2.75, 3.05) is 33.9 Å². The van der Waals surface area contributed by atoms with E-state index in [1.54, 1.807) is 26.4 Å². The maximum Gasteiger partial charge on any atom is 0.261 e. The Labute approximate surface area is 118 Å². The Morgan fingerprint density at radius 2 is 1.95 bits per heavy atom. The molecule has 0 bridgehead atoms. The summed E-state index contributed by atoms with van der Waals surface area (Å²) in [6, 6.07) is 5.87. The summed E-state index contributed by atoms with van der Waals surface area (Å²) in [5, 5.41) is 3.46. The van der Waals surface area contributed by atoms with Crippen LogP contribution in [0.1, 0.15) is 16.8 Å². The fourth-order valence-electron chi connectivity index (χ4n) is 3.24. The lowest BCUT2D eigenvalue weighted by Gasteiger charge is -2.20. The smallest absolute Gasteiger partial charge is 0.261 e. The van der Waals surface area contributed by atoms with Crippen LogP contribution in [0.15, 0.2) is 18.2 Å². The van der Waals surface area contributed by atoms with Crippen molar-refractivity contribution in [2.24, 2.45) is 5.92 Å². The van der Waals surface area contributed by atoms with Crippen LogP contribution < -0.4 is 14.8 Å². The summed E-state index contributed by atoms with van der Waals surface area (Å²) < 4.78 is 10.6. The van der Waals surface area contributed by atoms with Crippen LogP contribution in [0.25, 0.3) is 0 Å². The van der Waals surface area contributed by atoms with Gasteiger partial charge in [0, 0.05) is 19.1 Å². The minimum atomic E-state index is -0.00417. The van der Waals surface area contributed by atoms with E-state index in [1.807, 2.05) is 11.0 Å². The number of benzene rings is 1. The Morgan fingerprint density at radius 3 is 2.55 bits per heavy atom. The molecular weight excluding hydrogens is 256 g/mol. The lowest BCUT2D eigenvalue weighted by molar-refractivity contribution is 0.0775. The largest absolute Gasteiger partial charge is 0.496 e. The molecule has 0 aromatic heterocycles. The Hall–Kier alpha value is -1.75. The zero-order valence-corrected chi connectivity index (χ0v) is 11.9. The molecule has 20 heavy (non-hydrogen) atoms. The molecule has 0 spiro atoms. The van der Waals surface area contributed by atoms with Gasteiger partial charge in [0.2, 0.25) is 0 Å². The quantitative estimate of drug-likeness (QED) is 0.899. The summed E-state index contributed by atoms with van der Waals surface area (Å²) in [4.78, 5) is 14.7. The van der Waals surface area contributed by atoms with Crippen molar-refractivity contribution in [1.29, 1.82) is 0 Å². The van der Waals surface area contributed by atoms with Gasteiger partial charge in [-0.25, -0.2) is 0 Å². The van der Waals surface area contributed by atoms with Crippen LogP contribution in [0.2, 0.25) is 0 Å². The van der Waals surface area contributed by atoms with Gasteiger partial charge in [0.05, 0.1) is 14.2 Å². The average molecular weight is 276 g/mol. The number of ether oxygens (including phenoxy) is 2. The van der Waals surface area contributed by atoms with Gasteiger partial charge in [0.25, 0.3) is 5.91 Å². The molecule has 2 atom stereocenters. The topological polar surface area (TPSA) is 50.8 Å². The number of methoxy groups -OCH3 is 2. The first-order valence-corrected chi connectivity index (χ1v) is 6.98. The highest BCUT2D eigenvalue weighted by Gasteiger charge is 2.39. The molecule has 1 aromatic rings. The van der Waals surface area contributed by atoms with E-state index in [0.717, 1.165) is 26.1 Å². The van der Waals surface area contributed by atoms with Crippen molar-refractivity contribution in [3.8, 4) is 11.5 Å². The molecule has 5 heteroatoms. The van der Waals surface area contributed by atoms with Gasteiger partial charge in [0.1, 0.15) is 17.1 Å². The summed E-state index contributed by atoms with van der Waals surface area (Å²) in [7, 11) is 3.15. The fraction of sp³-hybridized carbons (Fsp3) is 0.533. The van der Waals surface area contributed by atoms with Crippen molar-refractivity contribution in [3.63, 3.8) is 0 Å². The second-order valence-electron chi connectivity index (χ2n) is 5.36. The number of nitrogens with one attached hydrogen (secondary N) is 1. The Bertz CT molecular complexity index is 484. The lowest BCUT2D eigenvalue weighted by atomic mass is 10.1. The van der Waals surface area contributed by atoms with Gasteiger partial charge in [-0.1, -0.05) is 6.07 Å². The molecule has 2 fully saturated rings. The lowest BCUT2D eigenvalue weighted by Crippen LogP contribution is -2.34. The van der Waals surface area contributed by atoms with E-state index in [9.17, 15) is 4.79 Å². The van der Waals surface area contributed by atoms with Gasteiger partial charge in [-0.2, -0.15) is 0 Å². The minimum absolute atomic E-state index is 0.00417. The maximum atomic E-state index is 12.8. The highest BCUT2D eigenvalue weighted by atomic mass is 16.5. The molecule has 0 unspecified atom stereocenters. The number of hydrogen-bond donors (Lipinski definition) is 1. The Morgan fingerprint density at radius 1 is 1.25 bits per heavy atom. The number of rotatable bonds is 3. The molecule has 2 aliphatic rings. The van der Waals surface area contributed by atoms with Crippen LogP contribution >= 0.6 is 0 Å². The first-order chi connectivity index (χ1) is 9.74. The first kappa shape index (κ1) is 13.2. The van der Waals surface area contributed by atoms with Gasteiger partial charge in [-0.3, -0.25) is 4.79 Å². The molecule has 2 saturated heterocycles. The number of hydrogen-bond acceptors (Lipinski definition) is 4. The van der Waals surface area contributed by atoms with E-state index >= 15 is 0 Å². The molecule has 5 nitrogen and oxygen atoms in total. The predicted octanol–water partition coefficient (Wildman–Crippen LogP) is 1.14. The number of nitrogens with zero attached hydrogens (tertiary/aromatic N) is 1. The third kappa shape index (κ3) is 2.12. The van der Waals surface area contributed by atoms with Gasteiger partial charge >= 0.3 is 0 Å². The standard InChI is InChI=1S/C15H20N2O3/c1-19-12-4-3-5-13(20-2)14(12)15(18)17-8-10-6-7-16-11(10)9-17/h3-5,10-11,16H,6-9H2,1-2H3/t10-,11+/m0/s1. The highest BCUT2D eigenvalue weighted by Crippen LogP contribution is 2.32. The van der Waals surface area contributed by atoms with Gasteiger partial charge in [-0.05, 0) is 31.0 Å². The predicted molar refractivity (Wildman–Crippen MR) is 75.3 cm³/mol. The van der Waals surface area contributed by atoms with Crippen molar-refractivity contribution >= 4 is 5.91 Å². The maximum absolute atomic E-state index is 12.8. The van der Waals surface area contributed by atoms with E-state index in [0.29, 0.717) is 29.0 Å². The Balaban J connectivity index is 1.87. The zero-order chi connectivity index (χ0) is 14.1. The molecule has 2 aliphatic heterocycles. The zero-order valence-electron chi connectivity index (χ0n) is 11.9. The second-order valence-corrected chi connectivity index (χ2v) is 5.36. The first-order valence-electron chi connectivity index (χ1n) is 6.98. The third-order valence-corrected chi connectivity index (χ3v) is 4.29. The van der Waals surface area contributed by atoms with Gasteiger partial charge < -0.3 is 19.7 Å². The molecule has 0 aliphatic carbocycles. The van der Waals surface area contributed by atoms with Crippen molar-refractivity contribution in [2.45, 2.75) is 12.5 Å². The van der Waals surface area contributed by atoms with E-state index in [1.165, 1.54) is 0 Å². The average Bonchev–Trinajstić information content (AvgIpc) is 3.06. The summed E-state index contributed by atoms with van der Waals surface area (Å²) in [5.41, 5.74) is 0.525. The summed E-state index contributed by atoms with van der Waals surface area (Å²) in [5.74, 6) is 1.72. The minimum Gasteiger partial charge on any atom is -0.496 e. The molecule has 1 aromatic carbocycles. The fourth-order valence-corrected chi connectivity index (χ4v) is 3.24. The van der Waals surface area contributed by atoms with E-state index in [-0.39, 0.29) is 5.91 Å². The Kier molecular flexibility index (Phi) is 3.53. The van der Waals surface area contributed by atoms with Crippen LogP contribution in [0, 0.1) is 5.92 Å². The molecular formula is C15H20N2O3. The normalized spacial score (nSPS) is 24.6. The van der Waals surface area contributed by atoms with Crippen LogP contribution in [0.4, 0.5) is 0 Å². The molecule has 0 radical (unpaired) electrons. The van der Waals surface area contributed by atoms with Gasteiger partial charge in [-0.15, -0.1) is 0 Å². The van der Waals surface area contributed by atoms with E-state index in [2.05, 4.69) is 5.32 Å². The van der Waals surface area contributed by atoms with Crippen molar-refractivity contribution in [1.82, 2.24) is 10.2 Å². The van der Waals surface area contributed by atoms with Gasteiger partial charge in [0.15, 0.2) is 0 Å². The summed E-state index contributed by atoms with van der Waals surface area (Å²) in [6.07, 6.45) is 1.15. The van der Waals surface area contributed by atoms with Crippen molar-refractivity contribution < 1.29 is 14.3 Å². The molecule has 1 amide bonds. The molecule has 108 valence electrons. The number of carbonyl (C=O) groups is 1. The number of carbonyl (C=O) groups excluding carboxylic acids is 1. The summed E-state index contributed by atoms with van der Waals surface area (Å²) in [6.45, 7) is 2.65. The van der Waals surface area contributed by atoms with Crippen LogP contribution in [0.3, 0.4) is 0 Å². The molecule has 1 N–H and O–H groups in total. The second kappa shape index (κ2) is 5.32. The highest BCUT2D eigenvalue weighted by molar-refractivity contribution is 6.00. The molecule has 0 saturated carbocycles. The van der Waals surface area contributed by atoms with Crippen LogP contribution in [-0.4, -0.2) is 50.7 Å². The van der Waals surface area contributed by atoms with E-state index < -0.39 is 0 Å².